The van der Waals surface area contributed by atoms with Gasteiger partial charge in [0.1, 0.15) is 5.75 Å². The van der Waals surface area contributed by atoms with Crippen molar-refractivity contribution in [3.05, 3.63) is 120 Å². The van der Waals surface area contributed by atoms with Crippen LogP contribution in [-0.4, -0.2) is 29.6 Å². The first-order chi connectivity index (χ1) is 21.7. The Bertz CT molecular complexity index is 1860. The van der Waals surface area contributed by atoms with Crippen LogP contribution in [0.2, 0.25) is 5.02 Å². The van der Waals surface area contributed by atoms with E-state index in [9.17, 15) is 9.59 Å². The third kappa shape index (κ3) is 8.58. The minimum absolute atomic E-state index is 0.170. The molecule has 0 unspecified atom stereocenters. The number of hydrazone groups is 1. The molecule has 8 nitrogen and oxygen atoms in total. The molecule has 228 valence electrons. The van der Waals surface area contributed by atoms with Gasteiger partial charge < -0.3 is 15.4 Å². The van der Waals surface area contributed by atoms with Crippen LogP contribution in [0.1, 0.15) is 27.0 Å². The van der Waals surface area contributed by atoms with E-state index in [2.05, 4.69) is 58.0 Å². The molecule has 2 amide bonds. The van der Waals surface area contributed by atoms with Gasteiger partial charge in [0.25, 0.3) is 11.8 Å². The summed E-state index contributed by atoms with van der Waals surface area (Å²) in [6, 6.07) is 23.8. The molecule has 5 aromatic rings. The van der Waals surface area contributed by atoms with Gasteiger partial charge in [0.15, 0.2) is 11.7 Å². The maximum atomic E-state index is 12.7. The summed E-state index contributed by atoms with van der Waals surface area (Å²) in [6.07, 6.45) is 1.52. The number of aromatic nitrogens is 1. The van der Waals surface area contributed by atoms with Gasteiger partial charge in [0.2, 0.25) is 0 Å². The summed E-state index contributed by atoms with van der Waals surface area (Å²) in [5.74, 6) is -0.152. The lowest BCUT2D eigenvalue weighted by Gasteiger charge is -2.13. The van der Waals surface area contributed by atoms with Crippen molar-refractivity contribution in [2.45, 2.75) is 13.8 Å². The second-order valence-electron chi connectivity index (χ2n) is 9.84. The number of halogens is 3. The van der Waals surface area contributed by atoms with Crippen molar-refractivity contribution in [2.24, 2.45) is 5.10 Å². The Kier molecular flexibility index (Phi) is 10.7. The Balaban J connectivity index is 1.14. The molecular weight excluding hydrogens is 742 g/mol. The Labute approximate surface area is 286 Å². The zero-order valence-electron chi connectivity index (χ0n) is 24.0. The Morgan fingerprint density at radius 1 is 1.00 bits per heavy atom. The first-order valence-corrected chi connectivity index (χ1v) is 16.4. The zero-order chi connectivity index (χ0) is 31.9. The molecule has 0 aliphatic rings. The lowest BCUT2D eigenvalue weighted by Crippen LogP contribution is -2.21. The minimum atomic E-state index is -0.353. The molecule has 5 rings (SSSR count). The fourth-order valence-electron chi connectivity index (χ4n) is 4.15. The van der Waals surface area contributed by atoms with E-state index in [0.717, 1.165) is 38.9 Å². The number of benzene rings is 4. The maximum absolute atomic E-state index is 12.7. The summed E-state index contributed by atoms with van der Waals surface area (Å²) < 4.78 is 7.01. The van der Waals surface area contributed by atoms with E-state index < -0.39 is 0 Å². The van der Waals surface area contributed by atoms with Gasteiger partial charge in [-0.3, -0.25) is 9.59 Å². The van der Waals surface area contributed by atoms with Crippen molar-refractivity contribution >= 4 is 89.3 Å². The van der Waals surface area contributed by atoms with Crippen LogP contribution >= 0.6 is 54.8 Å². The first kappa shape index (κ1) is 32.4. The molecule has 1 heterocycles. The SMILES string of the molecule is Cc1cccc(NC(=O)COc2c(Br)cc(/C=N\NC(=O)c3ccc(-c4csc(Nc5ccc(Cl)cc5)n4)cc3)cc2Br)c1C. The van der Waals surface area contributed by atoms with Crippen LogP contribution in [0, 0.1) is 13.8 Å². The quantitative estimate of drug-likeness (QED) is 0.0972. The van der Waals surface area contributed by atoms with Crippen LogP contribution in [0.15, 0.2) is 98.3 Å². The topological polar surface area (TPSA) is 105 Å². The predicted octanol–water partition coefficient (Wildman–Crippen LogP) is 9.13. The van der Waals surface area contributed by atoms with E-state index in [1.807, 2.05) is 73.8 Å². The number of ether oxygens (including phenoxy) is 1. The maximum Gasteiger partial charge on any atom is 0.271 e. The summed E-state index contributed by atoms with van der Waals surface area (Å²) in [4.78, 5) is 29.8. The first-order valence-electron chi connectivity index (χ1n) is 13.6. The number of thiazole rings is 1. The smallest absolute Gasteiger partial charge is 0.271 e. The molecular formula is C33H26Br2ClN5O3S. The van der Waals surface area contributed by atoms with Crippen LogP contribution in [0.4, 0.5) is 16.5 Å². The van der Waals surface area contributed by atoms with Crippen LogP contribution < -0.4 is 20.8 Å². The predicted molar refractivity (Wildman–Crippen MR) is 189 cm³/mol. The normalized spacial score (nSPS) is 11.0. The lowest BCUT2D eigenvalue weighted by atomic mass is 10.1. The highest BCUT2D eigenvalue weighted by Gasteiger charge is 2.13. The summed E-state index contributed by atoms with van der Waals surface area (Å²) in [6.45, 7) is 3.78. The average Bonchev–Trinajstić information content (AvgIpc) is 3.49. The van der Waals surface area contributed by atoms with Crippen molar-refractivity contribution in [1.82, 2.24) is 10.4 Å². The molecule has 1 aromatic heterocycles. The number of anilines is 3. The highest BCUT2D eigenvalue weighted by atomic mass is 79.9. The number of amides is 2. The number of nitrogens with one attached hydrogen (secondary N) is 3. The molecule has 12 heteroatoms. The van der Waals surface area contributed by atoms with Crippen LogP contribution in [0.5, 0.6) is 5.75 Å². The summed E-state index contributed by atoms with van der Waals surface area (Å²) >= 11 is 14.4. The number of hydrogen-bond acceptors (Lipinski definition) is 7. The standard InChI is InChI=1S/C33H26Br2ClN5O3S/c1-19-4-3-5-28(20(19)2)39-30(42)17-44-31-26(34)14-21(15-27(31)35)16-37-41-32(43)23-8-6-22(7-9-23)29-18-45-33(40-29)38-25-12-10-24(36)11-13-25/h3-16,18H,17H2,1-2H3,(H,38,40)(H,39,42)(H,41,43)/b37-16-. The van der Waals surface area contributed by atoms with Gasteiger partial charge >= 0.3 is 0 Å². The monoisotopic (exact) mass is 765 g/mol. The number of carbonyl (C=O) groups is 2. The van der Waals surface area contributed by atoms with Crippen LogP contribution in [0.3, 0.4) is 0 Å². The average molecular weight is 768 g/mol. The van der Waals surface area contributed by atoms with E-state index in [1.165, 1.54) is 17.6 Å². The molecule has 0 fully saturated rings. The summed E-state index contributed by atoms with van der Waals surface area (Å²) in [5, 5.41) is 13.6. The van der Waals surface area contributed by atoms with Gasteiger partial charge in [-0.05, 0) is 117 Å². The third-order valence-electron chi connectivity index (χ3n) is 6.67. The molecule has 0 saturated carbocycles. The van der Waals surface area contributed by atoms with Gasteiger partial charge in [-0.2, -0.15) is 5.10 Å². The van der Waals surface area contributed by atoms with Crippen molar-refractivity contribution < 1.29 is 14.3 Å². The lowest BCUT2D eigenvalue weighted by molar-refractivity contribution is -0.118. The number of nitrogens with zero attached hydrogens (tertiary/aromatic N) is 2. The summed E-state index contributed by atoms with van der Waals surface area (Å²) in [5.41, 5.74) is 9.13. The number of aryl methyl sites for hydroxylation is 1. The van der Waals surface area contributed by atoms with Gasteiger partial charge in [-0.25, -0.2) is 10.4 Å². The van der Waals surface area contributed by atoms with Gasteiger partial charge in [-0.1, -0.05) is 35.9 Å². The molecule has 0 aliphatic carbocycles. The van der Waals surface area contributed by atoms with Crippen molar-refractivity contribution in [3.63, 3.8) is 0 Å². The van der Waals surface area contributed by atoms with Crippen LogP contribution in [-0.2, 0) is 4.79 Å². The van der Waals surface area contributed by atoms with E-state index in [-0.39, 0.29) is 18.4 Å². The van der Waals surface area contributed by atoms with E-state index in [4.69, 9.17) is 16.3 Å². The second kappa shape index (κ2) is 14.8. The van der Waals surface area contributed by atoms with Crippen molar-refractivity contribution in [1.29, 1.82) is 0 Å². The van der Waals surface area contributed by atoms with Gasteiger partial charge in [0, 0.05) is 32.9 Å². The Morgan fingerprint density at radius 2 is 1.71 bits per heavy atom. The molecule has 0 spiro atoms. The fourth-order valence-corrected chi connectivity index (χ4v) is 6.46. The second-order valence-corrected chi connectivity index (χ2v) is 12.8. The van der Waals surface area contributed by atoms with E-state index in [1.54, 1.807) is 24.3 Å². The van der Waals surface area contributed by atoms with Gasteiger partial charge in [-0.15, -0.1) is 11.3 Å². The molecule has 0 saturated heterocycles. The van der Waals surface area contributed by atoms with Gasteiger partial charge in [0.05, 0.1) is 20.9 Å². The largest absolute Gasteiger partial charge is 0.481 e. The highest BCUT2D eigenvalue weighted by Crippen LogP contribution is 2.34. The molecule has 45 heavy (non-hydrogen) atoms. The van der Waals surface area contributed by atoms with Crippen LogP contribution in [0.25, 0.3) is 11.3 Å². The highest BCUT2D eigenvalue weighted by molar-refractivity contribution is 9.11. The fraction of sp³-hybridized carbons (Fsp3) is 0.0909. The minimum Gasteiger partial charge on any atom is -0.481 e. The number of carbonyl (C=O) groups excluding carboxylic acids is 2. The molecule has 0 radical (unpaired) electrons. The molecule has 0 atom stereocenters. The zero-order valence-corrected chi connectivity index (χ0v) is 28.8. The Hall–Kier alpha value is -4.03. The van der Waals surface area contributed by atoms with E-state index >= 15 is 0 Å². The molecule has 0 aliphatic heterocycles. The number of hydrogen-bond donors (Lipinski definition) is 3. The number of rotatable bonds is 10. The molecule has 4 aromatic carbocycles. The molecule has 0 bridgehead atoms. The summed E-state index contributed by atoms with van der Waals surface area (Å²) in [7, 11) is 0. The van der Waals surface area contributed by atoms with E-state index in [0.29, 0.717) is 30.8 Å². The van der Waals surface area contributed by atoms with Crippen molar-refractivity contribution in [2.75, 3.05) is 17.2 Å². The van der Waals surface area contributed by atoms with Crippen molar-refractivity contribution in [3.8, 4) is 17.0 Å². The Morgan fingerprint density at radius 3 is 2.42 bits per heavy atom. The third-order valence-corrected chi connectivity index (χ3v) is 8.86. The molecule has 3 N–H and O–H groups in total.